The van der Waals surface area contributed by atoms with Crippen molar-refractivity contribution in [1.29, 1.82) is 0 Å². The first-order valence-electron chi connectivity index (χ1n) is 6.05. The Morgan fingerprint density at radius 3 is 2.83 bits per heavy atom. The number of hydrogen-bond acceptors (Lipinski definition) is 3. The number of nitrogens with zero attached hydrogens (tertiary/aromatic N) is 1. The number of ether oxygens (including phenoxy) is 1. The van der Waals surface area contributed by atoms with Crippen molar-refractivity contribution in [3.8, 4) is 5.75 Å². The molecule has 3 nitrogen and oxygen atoms in total. The van der Waals surface area contributed by atoms with E-state index >= 15 is 0 Å². The van der Waals surface area contributed by atoms with Crippen LogP contribution >= 0.6 is 15.9 Å². The molecule has 0 aliphatic rings. The van der Waals surface area contributed by atoms with E-state index in [1.807, 2.05) is 19.1 Å². The van der Waals surface area contributed by atoms with Crippen LogP contribution in [-0.2, 0) is 0 Å². The van der Waals surface area contributed by atoms with E-state index in [9.17, 15) is 0 Å². The van der Waals surface area contributed by atoms with Crippen molar-refractivity contribution < 1.29 is 4.74 Å². The maximum Gasteiger partial charge on any atom is 0.145 e. The second kappa shape index (κ2) is 5.57. The van der Waals surface area contributed by atoms with Crippen molar-refractivity contribution in [2.24, 2.45) is 0 Å². The van der Waals surface area contributed by atoms with E-state index in [-0.39, 0.29) is 0 Å². The smallest absolute Gasteiger partial charge is 0.145 e. The van der Waals surface area contributed by atoms with Crippen LogP contribution in [0.15, 0.2) is 22.7 Å². The predicted molar refractivity (Wildman–Crippen MR) is 79.5 cm³/mol. The Balaban J connectivity index is 2.69. The van der Waals surface area contributed by atoms with Gasteiger partial charge in [0.25, 0.3) is 0 Å². The molecule has 0 spiro atoms. The van der Waals surface area contributed by atoms with Gasteiger partial charge in [0.15, 0.2) is 0 Å². The summed E-state index contributed by atoms with van der Waals surface area (Å²) in [5, 5.41) is 4.52. The fourth-order valence-corrected chi connectivity index (χ4v) is 2.50. The lowest BCUT2D eigenvalue weighted by atomic mass is 10.1. The number of hydrogen-bond donors (Lipinski definition) is 1. The van der Waals surface area contributed by atoms with Gasteiger partial charge in [0, 0.05) is 27.8 Å². The third kappa shape index (κ3) is 2.43. The first-order chi connectivity index (χ1) is 8.67. The van der Waals surface area contributed by atoms with Gasteiger partial charge < -0.3 is 10.1 Å². The molecule has 0 atom stereocenters. The Morgan fingerprint density at radius 2 is 2.17 bits per heavy atom. The van der Waals surface area contributed by atoms with Crippen molar-refractivity contribution in [3.63, 3.8) is 0 Å². The van der Waals surface area contributed by atoms with Crippen LogP contribution in [0.1, 0.15) is 19.0 Å². The van der Waals surface area contributed by atoms with Gasteiger partial charge in [-0.25, -0.2) is 4.98 Å². The summed E-state index contributed by atoms with van der Waals surface area (Å²) in [6, 6.07) is 6.00. The average molecular weight is 309 g/mol. The third-order valence-electron chi connectivity index (χ3n) is 2.79. The first-order valence-corrected chi connectivity index (χ1v) is 6.84. The summed E-state index contributed by atoms with van der Waals surface area (Å²) in [5.41, 5.74) is 2.98. The van der Waals surface area contributed by atoms with E-state index in [4.69, 9.17) is 4.74 Å². The van der Waals surface area contributed by atoms with Gasteiger partial charge in [0.1, 0.15) is 11.3 Å². The molecule has 4 heteroatoms. The number of nitrogens with one attached hydrogen (secondary N) is 1. The molecule has 1 heterocycles. The fourth-order valence-electron chi connectivity index (χ4n) is 1.97. The van der Waals surface area contributed by atoms with E-state index in [1.165, 1.54) is 0 Å². The molecule has 0 fully saturated rings. The Hall–Kier alpha value is -1.29. The number of aromatic nitrogens is 1. The van der Waals surface area contributed by atoms with E-state index in [0.29, 0.717) is 0 Å². The molecule has 0 amide bonds. The van der Waals surface area contributed by atoms with Gasteiger partial charge in [0.05, 0.1) is 7.11 Å². The minimum Gasteiger partial charge on any atom is -0.494 e. The molecular weight excluding hydrogens is 292 g/mol. The van der Waals surface area contributed by atoms with Crippen LogP contribution in [0, 0.1) is 6.92 Å². The highest BCUT2D eigenvalue weighted by atomic mass is 79.9. The van der Waals surface area contributed by atoms with Gasteiger partial charge in [-0.05, 0) is 31.5 Å². The van der Waals surface area contributed by atoms with Crippen molar-refractivity contribution in [3.05, 3.63) is 28.4 Å². The molecule has 1 aromatic heterocycles. The van der Waals surface area contributed by atoms with Crippen molar-refractivity contribution in [2.75, 3.05) is 19.0 Å². The zero-order chi connectivity index (χ0) is 13.1. The molecule has 1 N–H and O–H groups in total. The van der Waals surface area contributed by atoms with Gasteiger partial charge in [-0.1, -0.05) is 22.9 Å². The molecule has 0 radical (unpaired) electrons. The zero-order valence-electron chi connectivity index (χ0n) is 10.9. The van der Waals surface area contributed by atoms with Crippen LogP contribution in [-0.4, -0.2) is 18.6 Å². The number of anilines is 1. The second-order valence-electron chi connectivity index (χ2n) is 4.21. The Labute approximate surface area is 116 Å². The monoisotopic (exact) mass is 308 g/mol. The van der Waals surface area contributed by atoms with Gasteiger partial charge >= 0.3 is 0 Å². The highest BCUT2D eigenvalue weighted by Gasteiger charge is 2.11. The summed E-state index contributed by atoms with van der Waals surface area (Å²) >= 11 is 3.59. The first kappa shape index (κ1) is 13.1. The number of fused-ring (bicyclic) bond motifs is 1. The SMILES string of the molecule is CCCNc1cc(C)nc2c(OC)ccc(Br)c12. The van der Waals surface area contributed by atoms with Crippen LogP contribution in [0.2, 0.25) is 0 Å². The molecule has 0 aliphatic heterocycles. The number of halogens is 1. The van der Waals surface area contributed by atoms with Crippen molar-refractivity contribution in [1.82, 2.24) is 4.98 Å². The number of aryl methyl sites for hydroxylation is 1. The lowest BCUT2D eigenvalue weighted by Crippen LogP contribution is -2.02. The quantitative estimate of drug-likeness (QED) is 0.922. The molecule has 0 saturated carbocycles. The minimum atomic E-state index is 0.802. The summed E-state index contributed by atoms with van der Waals surface area (Å²) in [6.45, 7) is 5.10. The van der Waals surface area contributed by atoms with Gasteiger partial charge in [0.2, 0.25) is 0 Å². The van der Waals surface area contributed by atoms with Crippen molar-refractivity contribution >= 4 is 32.5 Å². The topological polar surface area (TPSA) is 34.2 Å². The summed E-state index contributed by atoms with van der Waals surface area (Å²) in [5.74, 6) is 0.802. The molecule has 0 bridgehead atoms. The lowest BCUT2D eigenvalue weighted by Gasteiger charge is -2.13. The molecule has 96 valence electrons. The van der Waals surface area contributed by atoms with Crippen LogP contribution in [0.4, 0.5) is 5.69 Å². The van der Waals surface area contributed by atoms with Crippen molar-refractivity contribution in [2.45, 2.75) is 20.3 Å². The molecule has 2 aromatic rings. The van der Waals surface area contributed by atoms with Gasteiger partial charge in [-0.2, -0.15) is 0 Å². The Bertz CT molecular complexity index is 569. The highest BCUT2D eigenvalue weighted by Crippen LogP contribution is 2.35. The van der Waals surface area contributed by atoms with E-state index < -0.39 is 0 Å². The lowest BCUT2D eigenvalue weighted by molar-refractivity contribution is 0.419. The maximum atomic E-state index is 5.39. The van der Waals surface area contributed by atoms with Crippen LogP contribution in [0.3, 0.4) is 0 Å². The van der Waals surface area contributed by atoms with Crippen LogP contribution in [0.5, 0.6) is 5.75 Å². The molecule has 1 aromatic carbocycles. The summed E-state index contributed by atoms with van der Waals surface area (Å²) in [7, 11) is 1.67. The predicted octanol–water partition coefficient (Wildman–Crippen LogP) is 4.14. The van der Waals surface area contributed by atoms with E-state index in [2.05, 4.69) is 39.2 Å². The highest BCUT2D eigenvalue weighted by molar-refractivity contribution is 9.10. The molecule has 18 heavy (non-hydrogen) atoms. The number of methoxy groups -OCH3 is 1. The van der Waals surface area contributed by atoms with E-state index in [1.54, 1.807) is 7.11 Å². The number of pyridine rings is 1. The number of rotatable bonds is 4. The van der Waals surface area contributed by atoms with Gasteiger partial charge in [-0.3, -0.25) is 0 Å². The second-order valence-corrected chi connectivity index (χ2v) is 5.07. The normalized spacial score (nSPS) is 10.7. The third-order valence-corrected chi connectivity index (χ3v) is 3.45. The number of benzene rings is 1. The average Bonchev–Trinajstić information content (AvgIpc) is 2.36. The summed E-state index contributed by atoms with van der Waals surface area (Å²) < 4.78 is 6.42. The molecule has 0 aliphatic carbocycles. The summed E-state index contributed by atoms with van der Waals surface area (Å²) in [6.07, 6.45) is 1.09. The molecule has 0 saturated heterocycles. The van der Waals surface area contributed by atoms with E-state index in [0.717, 1.165) is 45.5 Å². The van der Waals surface area contributed by atoms with Crippen LogP contribution in [0.25, 0.3) is 10.9 Å². The van der Waals surface area contributed by atoms with Crippen LogP contribution < -0.4 is 10.1 Å². The minimum absolute atomic E-state index is 0.802. The standard InChI is InChI=1S/C14H17BrN2O/c1-4-7-16-11-8-9(2)17-14-12(18-3)6-5-10(15)13(11)14/h5-6,8H,4,7H2,1-3H3,(H,16,17). The largest absolute Gasteiger partial charge is 0.494 e. The van der Waals surface area contributed by atoms with Gasteiger partial charge in [-0.15, -0.1) is 0 Å². The zero-order valence-corrected chi connectivity index (χ0v) is 12.5. The maximum absolute atomic E-state index is 5.39. The molecular formula is C14H17BrN2O. The molecule has 0 unspecified atom stereocenters. The fraction of sp³-hybridized carbons (Fsp3) is 0.357. The Morgan fingerprint density at radius 1 is 1.39 bits per heavy atom. The Kier molecular flexibility index (Phi) is 4.07. The summed E-state index contributed by atoms with van der Waals surface area (Å²) in [4.78, 5) is 4.58. The molecule has 2 rings (SSSR count).